The Morgan fingerprint density at radius 1 is 1.90 bits per heavy atom. The smallest absolute Gasteiger partial charge is 0.317 e. The minimum atomic E-state index is -0.823. The minimum Gasteiger partial charge on any atom is -0.480 e. The van der Waals surface area contributed by atoms with Crippen LogP contribution >= 0.6 is 0 Å². The zero-order chi connectivity index (χ0) is 7.98. The van der Waals surface area contributed by atoms with E-state index in [1.807, 2.05) is 6.92 Å². The van der Waals surface area contributed by atoms with Crippen LogP contribution in [0.25, 0.3) is 0 Å². The Labute approximate surface area is 60.7 Å². The molecule has 0 fully saturated rings. The molecule has 10 heavy (non-hydrogen) atoms. The highest BCUT2D eigenvalue weighted by Crippen LogP contribution is 1.88. The van der Waals surface area contributed by atoms with Crippen molar-refractivity contribution in [3.8, 4) is 0 Å². The zero-order valence-corrected chi connectivity index (χ0v) is 6.13. The molecule has 0 amide bonds. The first-order valence-electron chi connectivity index (χ1n) is 3.23. The Hall–Kier alpha value is -0.830. The van der Waals surface area contributed by atoms with Gasteiger partial charge in [-0.25, -0.2) is 0 Å². The largest absolute Gasteiger partial charge is 0.480 e. The lowest BCUT2D eigenvalue weighted by Crippen LogP contribution is -2.30. The van der Waals surface area contributed by atoms with E-state index in [1.165, 1.54) is 0 Å². The Bertz CT molecular complexity index is 123. The maximum atomic E-state index is 10.0. The topological polar surface area (TPSA) is 49.3 Å². The summed E-state index contributed by atoms with van der Waals surface area (Å²) < 4.78 is 0. The van der Waals surface area contributed by atoms with E-state index in [2.05, 4.69) is 11.9 Å². The van der Waals surface area contributed by atoms with E-state index in [0.717, 1.165) is 6.42 Å². The summed E-state index contributed by atoms with van der Waals surface area (Å²) in [6.45, 7) is 5.48. The van der Waals surface area contributed by atoms with Crippen LogP contribution in [0.15, 0.2) is 12.7 Å². The minimum absolute atomic E-state index is 0.0228. The molecule has 0 aliphatic rings. The molecule has 0 aromatic heterocycles. The number of nitrogens with one attached hydrogen (secondary N) is 1. The number of carboxylic acids is 1. The Morgan fingerprint density at radius 2 is 2.50 bits per heavy atom. The molecule has 0 aromatic rings. The maximum Gasteiger partial charge on any atom is 0.317 e. The van der Waals surface area contributed by atoms with Gasteiger partial charge in [-0.15, -0.1) is 6.58 Å². The van der Waals surface area contributed by atoms with Crippen LogP contribution < -0.4 is 5.32 Å². The lowest BCUT2D eigenvalue weighted by molar-refractivity contribution is -0.136. The van der Waals surface area contributed by atoms with Crippen LogP contribution in [-0.4, -0.2) is 23.7 Å². The van der Waals surface area contributed by atoms with Crippen LogP contribution in [0, 0.1) is 0 Å². The number of hydrogen-bond acceptors (Lipinski definition) is 2. The van der Waals surface area contributed by atoms with Crippen LogP contribution in [0.3, 0.4) is 0 Å². The van der Waals surface area contributed by atoms with Gasteiger partial charge in [-0.1, -0.05) is 6.08 Å². The molecule has 0 heterocycles. The zero-order valence-electron chi connectivity index (χ0n) is 6.13. The van der Waals surface area contributed by atoms with Gasteiger partial charge in [0.2, 0.25) is 0 Å². The summed E-state index contributed by atoms with van der Waals surface area (Å²) in [6.07, 6.45) is 2.56. The quantitative estimate of drug-likeness (QED) is 0.555. The molecule has 0 radical (unpaired) electrons. The van der Waals surface area contributed by atoms with E-state index in [9.17, 15) is 4.79 Å². The van der Waals surface area contributed by atoms with Crippen molar-refractivity contribution in [3.63, 3.8) is 0 Å². The van der Waals surface area contributed by atoms with Crippen molar-refractivity contribution >= 4 is 5.97 Å². The van der Waals surface area contributed by atoms with Crippen molar-refractivity contribution in [2.24, 2.45) is 0 Å². The third-order valence-electron chi connectivity index (χ3n) is 1.12. The Kier molecular flexibility index (Phi) is 4.58. The first kappa shape index (κ1) is 9.17. The fourth-order valence-corrected chi connectivity index (χ4v) is 0.595. The molecule has 0 aliphatic heterocycles. The summed E-state index contributed by atoms with van der Waals surface area (Å²) in [5.41, 5.74) is 0. The van der Waals surface area contributed by atoms with Gasteiger partial charge in [-0.05, 0) is 13.3 Å². The van der Waals surface area contributed by atoms with Crippen molar-refractivity contribution in [3.05, 3.63) is 12.7 Å². The molecule has 2 N–H and O–H groups in total. The number of carboxylic acid groups (broad SMARTS) is 1. The van der Waals surface area contributed by atoms with Gasteiger partial charge < -0.3 is 10.4 Å². The van der Waals surface area contributed by atoms with Gasteiger partial charge in [0.05, 0.1) is 6.54 Å². The number of carbonyl (C=O) groups is 1. The van der Waals surface area contributed by atoms with Gasteiger partial charge in [0, 0.05) is 6.04 Å². The van der Waals surface area contributed by atoms with Crippen molar-refractivity contribution in [2.75, 3.05) is 6.54 Å². The summed E-state index contributed by atoms with van der Waals surface area (Å²) in [5, 5.41) is 11.1. The summed E-state index contributed by atoms with van der Waals surface area (Å²) in [6, 6.07) is 0.202. The molecule has 0 aliphatic carbocycles. The molecule has 58 valence electrons. The molecular formula is C7H13NO2. The van der Waals surface area contributed by atoms with Crippen LogP contribution in [0.1, 0.15) is 13.3 Å². The van der Waals surface area contributed by atoms with E-state index in [-0.39, 0.29) is 12.6 Å². The molecule has 0 aromatic carbocycles. The van der Waals surface area contributed by atoms with E-state index >= 15 is 0 Å². The Morgan fingerprint density at radius 3 is 2.90 bits per heavy atom. The number of aliphatic carboxylic acids is 1. The molecule has 0 rings (SSSR count). The van der Waals surface area contributed by atoms with Gasteiger partial charge in [0.1, 0.15) is 0 Å². The highest BCUT2D eigenvalue weighted by molar-refractivity contribution is 5.69. The van der Waals surface area contributed by atoms with Crippen LogP contribution in [-0.2, 0) is 4.79 Å². The average Bonchev–Trinajstić information content (AvgIpc) is 1.85. The van der Waals surface area contributed by atoms with Gasteiger partial charge >= 0.3 is 5.97 Å². The third-order valence-corrected chi connectivity index (χ3v) is 1.12. The van der Waals surface area contributed by atoms with E-state index < -0.39 is 5.97 Å². The molecule has 1 atom stereocenters. The Balaban J connectivity index is 3.29. The summed E-state index contributed by atoms with van der Waals surface area (Å²) >= 11 is 0. The van der Waals surface area contributed by atoms with E-state index in [1.54, 1.807) is 6.08 Å². The highest BCUT2D eigenvalue weighted by atomic mass is 16.4. The molecule has 0 spiro atoms. The fourth-order valence-electron chi connectivity index (χ4n) is 0.595. The normalized spacial score (nSPS) is 12.5. The molecule has 0 bridgehead atoms. The molecule has 0 saturated carbocycles. The van der Waals surface area contributed by atoms with E-state index in [0.29, 0.717) is 0 Å². The number of hydrogen-bond donors (Lipinski definition) is 2. The second-order valence-corrected chi connectivity index (χ2v) is 2.20. The summed E-state index contributed by atoms with van der Waals surface area (Å²) in [5.74, 6) is -0.823. The molecule has 3 heteroatoms. The predicted octanol–water partition coefficient (Wildman–Crippen LogP) is 0.625. The van der Waals surface area contributed by atoms with Crippen molar-refractivity contribution in [1.29, 1.82) is 0 Å². The second kappa shape index (κ2) is 4.99. The van der Waals surface area contributed by atoms with Crippen LogP contribution in [0.4, 0.5) is 0 Å². The summed E-state index contributed by atoms with van der Waals surface area (Å²) in [4.78, 5) is 10.0. The standard InChI is InChI=1S/C7H13NO2/c1-3-4-6(2)8-5-7(9)10/h3,6,8H,1,4-5H2,2H3,(H,9,10)/t6-/m0/s1. The lowest BCUT2D eigenvalue weighted by atomic mass is 10.2. The monoisotopic (exact) mass is 143 g/mol. The average molecular weight is 143 g/mol. The molecule has 3 nitrogen and oxygen atoms in total. The van der Waals surface area contributed by atoms with Gasteiger partial charge in [0.25, 0.3) is 0 Å². The van der Waals surface area contributed by atoms with Gasteiger partial charge in [0.15, 0.2) is 0 Å². The maximum absolute atomic E-state index is 10.0. The summed E-state index contributed by atoms with van der Waals surface area (Å²) in [7, 11) is 0. The first-order valence-corrected chi connectivity index (χ1v) is 3.23. The SMILES string of the molecule is C=CC[C@H](C)NCC(=O)O. The van der Waals surface area contributed by atoms with Crippen molar-refractivity contribution in [1.82, 2.24) is 5.32 Å². The van der Waals surface area contributed by atoms with Crippen LogP contribution in [0.5, 0.6) is 0 Å². The number of rotatable bonds is 5. The predicted molar refractivity (Wildman–Crippen MR) is 39.9 cm³/mol. The van der Waals surface area contributed by atoms with Crippen molar-refractivity contribution in [2.45, 2.75) is 19.4 Å². The van der Waals surface area contributed by atoms with Crippen LogP contribution in [0.2, 0.25) is 0 Å². The molecule has 0 unspecified atom stereocenters. The van der Waals surface area contributed by atoms with Gasteiger partial charge in [-0.2, -0.15) is 0 Å². The lowest BCUT2D eigenvalue weighted by Gasteiger charge is -2.07. The van der Waals surface area contributed by atoms with E-state index in [4.69, 9.17) is 5.11 Å². The van der Waals surface area contributed by atoms with Gasteiger partial charge in [-0.3, -0.25) is 4.79 Å². The molecular weight excluding hydrogens is 130 g/mol. The molecule has 0 saturated heterocycles. The highest BCUT2D eigenvalue weighted by Gasteiger charge is 2.00. The second-order valence-electron chi connectivity index (χ2n) is 2.20. The third kappa shape index (κ3) is 5.31. The fraction of sp³-hybridized carbons (Fsp3) is 0.571. The first-order chi connectivity index (χ1) is 4.66. The van der Waals surface area contributed by atoms with Crippen molar-refractivity contribution < 1.29 is 9.90 Å².